The van der Waals surface area contributed by atoms with Gasteiger partial charge in [-0.05, 0) is 6.07 Å². The molecule has 0 radical (unpaired) electrons. The SMILES string of the molecule is C[C@H](CSC(=O)c1ccoc1)C(=O)O. The van der Waals surface area contributed by atoms with Gasteiger partial charge in [0, 0.05) is 5.75 Å². The predicted octanol–water partition coefficient (Wildman–Crippen LogP) is 1.87. The van der Waals surface area contributed by atoms with E-state index in [4.69, 9.17) is 9.52 Å². The molecule has 0 spiro atoms. The van der Waals surface area contributed by atoms with Crippen molar-refractivity contribution in [1.82, 2.24) is 0 Å². The van der Waals surface area contributed by atoms with Crippen molar-refractivity contribution in [2.45, 2.75) is 6.92 Å². The van der Waals surface area contributed by atoms with Gasteiger partial charge in [0.15, 0.2) is 0 Å². The highest BCUT2D eigenvalue weighted by Crippen LogP contribution is 2.15. The Hall–Kier alpha value is -1.23. The second-order valence-electron chi connectivity index (χ2n) is 2.85. The molecule has 5 heteroatoms. The number of thioether (sulfide) groups is 1. The summed E-state index contributed by atoms with van der Waals surface area (Å²) in [4.78, 5) is 21.8. The summed E-state index contributed by atoms with van der Waals surface area (Å²) in [6.45, 7) is 1.57. The second kappa shape index (κ2) is 4.85. The second-order valence-corrected chi connectivity index (χ2v) is 3.84. The quantitative estimate of drug-likeness (QED) is 0.828. The highest BCUT2D eigenvalue weighted by atomic mass is 32.2. The smallest absolute Gasteiger partial charge is 0.307 e. The number of carbonyl (C=O) groups excluding carboxylic acids is 1. The first-order chi connectivity index (χ1) is 6.61. The van der Waals surface area contributed by atoms with Gasteiger partial charge in [0.1, 0.15) is 6.26 Å². The summed E-state index contributed by atoms with van der Waals surface area (Å²) < 4.78 is 4.74. The van der Waals surface area contributed by atoms with Crippen LogP contribution in [0.5, 0.6) is 0 Å². The van der Waals surface area contributed by atoms with E-state index in [2.05, 4.69) is 0 Å². The van der Waals surface area contributed by atoms with E-state index in [1.165, 1.54) is 12.5 Å². The molecule has 1 aromatic rings. The molecule has 0 aromatic carbocycles. The third-order valence-corrected chi connectivity index (χ3v) is 2.81. The summed E-state index contributed by atoms with van der Waals surface area (Å²) in [6.07, 6.45) is 2.76. The van der Waals surface area contributed by atoms with Crippen molar-refractivity contribution in [2.75, 3.05) is 5.75 Å². The molecular formula is C9H10O4S. The number of furan rings is 1. The van der Waals surface area contributed by atoms with Crippen LogP contribution in [0.3, 0.4) is 0 Å². The van der Waals surface area contributed by atoms with E-state index in [0.29, 0.717) is 5.56 Å². The molecule has 0 fully saturated rings. The summed E-state index contributed by atoms with van der Waals surface area (Å²) >= 11 is 0.991. The Kier molecular flexibility index (Phi) is 3.76. The third-order valence-electron chi connectivity index (χ3n) is 1.64. The minimum Gasteiger partial charge on any atom is -0.481 e. The van der Waals surface area contributed by atoms with Gasteiger partial charge < -0.3 is 9.52 Å². The fraction of sp³-hybridized carbons (Fsp3) is 0.333. The van der Waals surface area contributed by atoms with Gasteiger partial charge in [0.25, 0.3) is 0 Å². The van der Waals surface area contributed by atoms with Gasteiger partial charge in [-0.15, -0.1) is 0 Å². The van der Waals surface area contributed by atoms with Crippen LogP contribution >= 0.6 is 11.8 Å². The minimum absolute atomic E-state index is 0.160. The van der Waals surface area contributed by atoms with Gasteiger partial charge in [-0.2, -0.15) is 0 Å². The van der Waals surface area contributed by atoms with E-state index < -0.39 is 11.9 Å². The maximum Gasteiger partial charge on any atom is 0.307 e. The van der Waals surface area contributed by atoms with Crippen molar-refractivity contribution in [3.63, 3.8) is 0 Å². The van der Waals surface area contributed by atoms with Crippen molar-refractivity contribution >= 4 is 22.8 Å². The zero-order chi connectivity index (χ0) is 10.6. The van der Waals surface area contributed by atoms with Crippen molar-refractivity contribution in [3.05, 3.63) is 24.2 Å². The molecule has 1 atom stereocenters. The minimum atomic E-state index is -0.891. The van der Waals surface area contributed by atoms with Gasteiger partial charge in [-0.1, -0.05) is 18.7 Å². The monoisotopic (exact) mass is 214 g/mol. The molecule has 14 heavy (non-hydrogen) atoms. The van der Waals surface area contributed by atoms with E-state index >= 15 is 0 Å². The molecule has 0 bridgehead atoms. The first-order valence-electron chi connectivity index (χ1n) is 4.03. The molecular weight excluding hydrogens is 204 g/mol. The average Bonchev–Trinajstić information content (AvgIpc) is 2.66. The Morgan fingerprint density at radius 3 is 2.86 bits per heavy atom. The number of carbonyl (C=O) groups is 2. The maximum atomic E-state index is 11.3. The van der Waals surface area contributed by atoms with Crippen LogP contribution in [0.15, 0.2) is 23.0 Å². The van der Waals surface area contributed by atoms with Gasteiger partial charge in [0.05, 0.1) is 17.7 Å². The number of carboxylic acid groups (broad SMARTS) is 1. The number of hydrogen-bond acceptors (Lipinski definition) is 4. The Balaban J connectivity index is 2.40. The number of aliphatic carboxylic acids is 1. The van der Waals surface area contributed by atoms with Crippen molar-refractivity contribution in [1.29, 1.82) is 0 Å². The van der Waals surface area contributed by atoms with Crippen LogP contribution in [0.1, 0.15) is 17.3 Å². The highest BCUT2D eigenvalue weighted by Gasteiger charge is 2.14. The van der Waals surface area contributed by atoms with Crippen molar-refractivity contribution in [3.8, 4) is 0 Å². The van der Waals surface area contributed by atoms with Crippen LogP contribution < -0.4 is 0 Å². The maximum absolute atomic E-state index is 11.3. The molecule has 0 aliphatic rings. The zero-order valence-corrected chi connectivity index (χ0v) is 8.41. The molecule has 1 heterocycles. The number of carboxylic acids is 1. The first kappa shape index (κ1) is 10.8. The fourth-order valence-electron chi connectivity index (χ4n) is 0.736. The molecule has 1 aromatic heterocycles. The molecule has 1 rings (SSSR count). The standard InChI is InChI=1S/C9H10O4S/c1-6(8(10)11)5-14-9(12)7-2-3-13-4-7/h2-4,6H,5H2,1H3,(H,10,11)/t6-/m1/s1. The lowest BCUT2D eigenvalue weighted by atomic mass is 10.2. The lowest BCUT2D eigenvalue weighted by molar-refractivity contribution is -0.140. The molecule has 4 nitrogen and oxygen atoms in total. The third kappa shape index (κ3) is 2.92. The van der Waals surface area contributed by atoms with Gasteiger partial charge in [0.2, 0.25) is 5.12 Å². The molecule has 0 saturated heterocycles. The fourth-order valence-corrected chi connectivity index (χ4v) is 1.56. The Labute approximate surface area is 85.3 Å². The van der Waals surface area contributed by atoms with Gasteiger partial charge >= 0.3 is 5.97 Å². The van der Waals surface area contributed by atoms with Crippen molar-refractivity contribution < 1.29 is 19.1 Å². The Morgan fingerprint density at radius 2 is 2.36 bits per heavy atom. The molecule has 0 amide bonds. The van der Waals surface area contributed by atoms with Crippen LogP contribution in [0, 0.1) is 5.92 Å². The summed E-state index contributed by atoms with van der Waals surface area (Å²) in [7, 11) is 0. The molecule has 1 N–H and O–H groups in total. The van der Waals surface area contributed by atoms with Gasteiger partial charge in [-0.25, -0.2) is 0 Å². The normalized spacial score (nSPS) is 12.4. The van der Waals surface area contributed by atoms with Gasteiger partial charge in [-0.3, -0.25) is 9.59 Å². The molecule has 76 valence electrons. The summed E-state index contributed by atoms with van der Waals surface area (Å²) in [5.41, 5.74) is 0.465. The molecule has 0 aliphatic heterocycles. The topological polar surface area (TPSA) is 67.5 Å². The lowest BCUT2D eigenvalue weighted by Crippen LogP contribution is -2.13. The number of rotatable bonds is 4. The van der Waals surface area contributed by atoms with E-state index in [0.717, 1.165) is 11.8 Å². The summed E-state index contributed by atoms with van der Waals surface area (Å²) in [5, 5.41) is 8.42. The van der Waals surface area contributed by atoms with Crippen LogP contribution in [-0.4, -0.2) is 21.9 Å². The van der Waals surface area contributed by atoms with E-state index in [-0.39, 0.29) is 10.9 Å². The Morgan fingerprint density at radius 1 is 1.64 bits per heavy atom. The largest absolute Gasteiger partial charge is 0.481 e. The van der Waals surface area contributed by atoms with E-state index in [1.54, 1.807) is 13.0 Å². The lowest BCUT2D eigenvalue weighted by Gasteiger charge is -2.02. The molecule has 0 aliphatic carbocycles. The van der Waals surface area contributed by atoms with Crippen LogP contribution in [0.2, 0.25) is 0 Å². The Bertz CT molecular complexity index is 318. The highest BCUT2D eigenvalue weighted by molar-refractivity contribution is 8.14. The predicted molar refractivity (Wildman–Crippen MR) is 52.3 cm³/mol. The average molecular weight is 214 g/mol. The summed E-state index contributed by atoms with van der Waals surface area (Å²) in [6, 6.07) is 1.56. The molecule has 0 unspecified atom stereocenters. The van der Waals surface area contributed by atoms with Crippen LogP contribution in [0.4, 0.5) is 0 Å². The molecule has 0 saturated carbocycles. The van der Waals surface area contributed by atoms with E-state index in [9.17, 15) is 9.59 Å². The van der Waals surface area contributed by atoms with Crippen LogP contribution in [-0.2, 0) is 4.79 Å². The van der Waals surface area contributed by atoms with Crippen molar-refractivity contribution in [2.24, 2.45) is 5.92 Å². The van der Waals surface area contributed by atoms with Crippen LogP contribution in [0.25, 0.3) is 0 Å². The first-order valence-corrected chi connectivity index (χ1v) is 5.02. The van der Waals surface area contributed by atoms with E-state index in [1.807, 2.05) is 0 Å². The summed E-state index contributed by atoms with van der Waals surface area (Å²) in [5.74, 6) is -1.13. The zero-order valence-electron chi connectivity index (χ0n) is 7.60. The number of hydrogen-bond donors (Lipinski definition) is 1.